The second-order valence-corrected chi connectivity index (χ2v) is 10.8. The number of nitrogens with zero attached hydrogens (tertiary/aromatic N) is 4. The van der Waals surface area contributed by atoms with E-state index in [-0.39, 0.29) is 47.1 Å². The minimum atomic E-state index is -4.60. The van der Waals surface area contributed by atoms with Crippen molar-refractivity contribution in [1.29, 1.82) is 0 Å². The lowest BCUT2D eigenvalue weighted by Crippen LogP contribution is -2.71. The van der Waals surface area contributed by atoms with E-state index >= 15 is 0 Å². The Labute approximate surface area is 236 Å². The van der Waals surface area contributed by atoms with Gasteiger partial charge in [0.15, 0.2) is 10.8 Å². The van der Waals surface area contributed by atoms with Crippen LogP contribution in [0.25, 0.3) is 0 Å². The maximum atomic E-state index is 13.0. The van der Waals surface area contributed by atoms with Gasteiger partial charge >= 0.3 is 18.1 Å². The highest BCUT2D eigenvalue weighted by atomic mass is 32.2. The third-order valence-electron chi connectivity index (χ3n) is 5.97. The zero-order valence-corrected chi connectivity index (χ0v) is 22.3. The Morgan fingerprint density at radius 2 is 2.02 bits per heavy atom. The Balaban J connectivity index is 1.54. The summed E-state index contributed by atoms with van der Waals surface area (Å²) in [6, 6.07) is -1.21. The van der Waals surface area contributed by atoms with Crippen LogP contribution in [0.15, 0.2) is 33.5 Å². The van der Waals surface area contributed by atoms with Crippen molar-refractivity contribution in [2.75, 3.05) is 31.2 Å². The molecule has 14 nitrogen and oxygen atoms in total. The van der Waals surface area contributed by atoms with Crippen LogP contribution in [0.3, 0.4) is 0 Å². The molecule has 0 radical (unpaired) electrons. The van der Waals surface area contributed by atoms with Gasteiger partial charge in [-0.15, -0.1) is 23.1 Å². The van der Waals surface area contributed by atoms with E-state index < -0.39 is 71.8 Å². The number of carbonyl (C=O) groups excluding carboxylic acids is 3. The minimum absolute atomic E-state index is 0.00382. The number of carboxylic acids is 2. The van der Waals surface area contributed by atoms with E-state index in [0.717, 1.165) is 28.0 Å². The summed E-state index contributed by atoms with van der Waals surface area (Å²) in [7, 11) is 0. The molecule has 0 unspecified atom stereocenters. The molecule has 1 aromatic heterocycles. The molecular formula is C22H21F3N6O8S2. The number of amides is 3. The number of aromatic nitrogens is 1. The number of anilines is 1. The third-order valence-corrected chi connectivity index (χ3v) is 7.94. The largest absolute Gasteiger partial charge is 0.479 e. The number of likely N-dealkylation sites (tertiary alicyclic amines) is 1. The number of piperidine rings is 1. The second-order valence-electron chi connectivity index (χ2n) is 8.83. The predicted molar refractivity (Wildman–Crippen MR) is 136 cm³/mol. The normalized spacial score (nSPS) is 22.4. The summed E-state index contributed by atoms with van der Waals surface area (Å²) in [6.07, 6.45) is -2.99. The number of allylic oxidation sites excluding steroid dienone is 1. The van der Waals surface area contributed by atoms with Crippen molar-refractivity contribution in [3.8, 4) is 0 Å². The van der Waals surface area contributed by atoms with Gasteiger partial charge in [0, 0.05) is 23.3 Å². The Kier molecular flexibility index (Phi) is 8.57. The first-order chi connectivity index (χ1) is 19.3. The number of carbonyl (C=O) groups is 5. The topological polar surface area (TPSA) is 205 Å². The van der Waals surface area contributed by atoms with Gasteiger partial charge in [-0.2, -0.15) is 13.2 Å². The van der Waals surface area contributed by atoms with Gasteiger partial charge in [-0.25, -0.2) is 14.6 Å². The molecule has 220 valence electrons. The molecule has 0 saturated carbocycles. The summed E-state index contributed by atoms with van der Waals surface area (Å²) < 4.78 is 38.6. The molecule has 0 bridgehead atoms. The van der Waals surface area contributed by atoms with Gasteiger partial charge in [0.05, 0.1) is 0 Å². The number of alkyl halides is 3. The van der Waals surface area contributed by atoms with Crippen LogP contribution in [0.2, 0.25) is 0 Å². The van der Waals surface area contributed by atoms with E-state index in [1.807, 2.05) is 0 Å². The van der Waals surface area contributed by atoms with E-state index in [9.17, 15) is 42.3 Å². The van der Waals surface area contributed by atoms with Crippen molar-refractivity contribution < 1.29 is 52.2 Å². The van der Waals surface area contributed by atoms with Crippen molar-refractivity contribution in [3.63, 3.8) is 0 Å². The molecule has 5 N–H and O–H groups in total. The van der Waals surface area contributed by atoms with Crippen molar-refractivity contribution >= 4 is 63.6 Å². The molecule has 0 spiro atoms. The molecule has 4 rings (SSSR count). The fraction of sp³-hybridized carbons (Fsp3) is 0.409. The number of hydrogen-bond acceptors (Lipinski definition) is 11. The summed E-state index contributed by atoms with van der Waals surface area (Å²) in [6.45, 7) is -2.40. The van der Waals surface area contributed by atoms with Gasteiger partial charge in [-0.1, -0.05) is 5.16 Å². The standard InChI is InChI=1S/C22H21F3N6O8S2/c23-22(24,25)8-30-3-1-2-9(17(30)35)4-10-6-40-19-14(18(36)31(19)15(10)20(37)38)28-16(34)13(29-39-5-12(32)33)11-7-41-21(26)27-11/h4,7,14,19H,1-3,5-6,8H2,(H2,26,27)(H,28,34)(H,32,33)(H,37,38)/t14-,19-/m1/s1. The SMILES string of the molecule is Nc1nc(C(=NOCC(=O)O)C(=O)N[C@@H]2C(=O)N3C(C(=O)O)=C(C=C4CCCN(CC(F)(F)F)C4=O)CS[C@H]23)cs1. The number of rotatable bonds is 9. The molecule has 2 fully saturated rings. The van der Waals surface area contributed by atoms with Crippen LogP contribution in [0.1, 0.15) is 18.5 Å². The summed E-state index contributed by atoms with van der Waals surface area (Å²) in [5.41, 5.74) is 4.68. The predicted octanol–water partition coefficient (Wildman–Crippen LogP) is 0.380. The number of nitrogens with one attached hydrogen (secondary N) is 1. The number of β-lactam (4-membered cyclic amide) rings is 1. The second kappa shape index (κ2) is 11.8. The molecule has 2 atom stereocenters. The minimum Gasteiger partial charge on any atom is -0.479 e. The Bertz CT molecular complexity index is 1390. The molecular weight excluding hydrogens is 597 g/mol. The molecule has 0 aromatic carbocycles. The van der Waals surface area contributed by atoms with Gasteiger partial charge in [0.2, 0.25) is 12.5 Å². The molecule has 3 aliphatic rings. The summed E-state index contributed by atoms with van der Waals surface area (Å²) in [5.74, 6) is -5.53. The van der Waals surface area contributed by atoms with Crippen LogP contribution < -0.4 is 11.1 Å². The van der Waals surface area contributed by atoms with Crippen LogP contribution in [0, 0.1) is 0 Å². The van der Waals surface area contributed by atoms with Crippen LogP contribution >= 0.6 is 23.1 Å². The number of thioether (sulfide) groups is 1. The van der Waals surface area contributed by atoms with Gasteiger partial charge in [0.25, 0.3) is 11.8 Å². The molecule has 1 aromatic rings. The van der Waals surface area contributed by atoms with E-state index in [1.54, 1.807) is 0 Å². The first kappa shape index (κ1) is 29.8. The average molecular weight is 619 g/mol. The van der Waals surface area contributed by atoms with Gasteiger partial charge in [-0.3, -0.25) is 19.3 Å². The Morgan fingerprint density at radius 1 is 1.29 bits per heavy atom. The molecule has 19 heteroatoms. The average Bonchev–Trinajstić information content (AvgIpc) is 3.31. The number of oxime groups is 1. The van der Waals surface area contributed by atoms with E-state index in [1.165, 1.54) is 11.5 Å². The zero-order valence-electron chi connectivity index (χ0n) is 20.7. The monoisotopic (exact) mass is 618 g/mol. The molecule has 3 aliphatic heterocycles. The number of thiazole rings is 1. The Morgan fingerprint density at radius 3 is 2.63 bits per heavy atom. The summed E-state index contributed by atoms with van der Waals surface area (Å²) in [5, 5.41) is 25.1. The van der Waals surface area contributed by atoms with E-state index in [0.29, 0.717) is 4.90 Å². The van der Waals surface area contributed by atoms with Crippen LogP contribution in [0.4, 0.5) is 18.3 Å². The van der Waals surface area contributed by atoms with E-state index in [2.05, 4.69) is 20.3 Å². The fourth-order valence-corrected chi connectivity index (χ4v) is 6.15. The molecule has 0 aliphatic carbocycles. The highest BCUT2D eigenvalue weighted by Gasteiger charge is 2.54. The molecule has 4 heterocycles. The first-order valence-electron chi connectivity index (χ1n) is 11.7. The third kappa shape index (κ3) is 6.62. The van der Waals surface area contributed by atoms with Crippen LogP contribution in [-0.4, -0.2) is 103 Å². The quantitative estimate of drug-likeness (QED) is 0.129. The maximum absolute atomic E-state index is 13.0. The van der Waals surface area contributed by atoms with Crippen LogP contribution in [-0.2, 0) is 28.8 Å². The van der Waals surface area contributed by atoms with Gasteiger partial charge < -0.3 is 31.0 Å². The number of hydrogen-bond donors (Lipinski definition) is 4. The first-order valence-corrected chi connectivity index (χ1v) is 13.6. The van der Waals surface area contributed by atoms with Gasteiger partial charge in [0.1, 0.15) is 29.4 Å². The van der Waals surface area contributed by atoms with Crippen LogP contribution in [0.5, 0.6) is 0 Å². The maximum Gasteiger partial charge on any atom is 0.406 e. The number of aliphatic carboxylic acids is 2. The number of carboxylic acid groups (broad SMARTS) is 2. The highest BCUT2D eigenvalue weighted by Crippen LogP contribution is 2.41. The molecule has 2 saturated heterocycles. The highest BCUT2D eigenvalue weighted by molar-refractivity contribution is 8.00. The number of nitrogens with two attached hydrogens (primary N) is 1. The summed E-state index contributed by atoms with van der Waals surface area (Å²) >= 11 is 2.03. The lowest BCUT2D eigenvalue weighted by Gasteiger charge is -2.49. The summed E-state index contributed by atoms with van der Waals surface area (Å²) in [4.78, 5) is 71.6. The zero-order chi connectivity index (χ0) is 30.1. The van der Waals surface area contributed by atoms with Crippen molar-refractivity contribution in [1.82, 2.24) is 20.1 Å². The van der Waals surface area contributed by atoms with Gasteiger partial charge in [-0.05, 0) is 24.5 Å². The smallest absolute Gasteiger partial charge is 0.406 e. The van der Waals surface area contributed by atoms with Crippen molar-refractivity contribution in [2.45, 2.75) is 30.4 Å². The lowest BCUT2D eigenvalue weighted by molar-refractivity contribution is -0.160. The van der Waals surface area contributed by atoms with E-state index in [4.69, 9.17) is 10.8 Å². The number of nitrogen functional groups attached to an aromatic ring is 1. The lowest BCUT2D eigenvalue weighted by atomic mass is 9.98. The number of fused-ring (bicyclic) bond motifs is 1. The Hall–Kier alpha value is -4.13. The fourth-order valence-electron chi connectivity index (χ4n) is 4.30. The van der Waals surface area contributed by atoms with Crippen molar-refractivity contribution in [3.05, 3.63) is 34.0 Å². The molecule has 3 amide bonds. The molecule has 41 heavy (non-hydrogen) atoms. The van der Waals surface area contributed by atoms with Crippen molar-refractivity contribution in [2.24, 2.45) is 5.16 Å². The number of halogens is 3.